The molecule has 0 saturated carbocycles. The van der Waals surface area contributed by atoms with Gasteiger partial charge in [0, 0.05) is 51.7 Å². The van der Waals surface area contributed by atoms with E-state index in [-0.39, 0.29) is 5.91 Å². The van der Waals surface area contributed by atoms with Crippen LogP contribution in [0.3, 0.4) is 0 Å². The molecule has 0 radical (unpaired) electrons. The van der Waals surface area contributed by atoms with E-state index < -0.39 is 0 Å². The fraction of sp³-hybridized carbons (Fsp3) is 0.429. The second-order valence-electron chi connectivity index (χ2n) is 7.57. The maximum absolute atomic E-state index is 13.2. The summed E-state index contributed by atoms with van der Waals surface area (Å²) in [5, 5.41) is 0. The van der Waals surface area contributed by atoms with Gasteiger partial charge in [-0.05, 0) is 25.1 Å². The Labute approximate surface area is 174 Å². The number of imidazole rings is 1. The smallest absolute Gasteiger partial charge is 0.272 e. The molecule has 5 heterocycles. The van der Waals surface area contributed by atoms with Gasteiger partial charge in [-0.15, -0.1) is 0 Å². The number of ether oxygens (including phenoxy) is 1. The Morgan fingerprint density at radius 3 is 2.57 bits per heavy atom. The summed E-state index contributed by atoms with van der Waals surface area (Å²) in [5.41, 5.74) is 2.21. The first kappa shape index (κ1) is 18.8. The Balaban J connectivity index is 1.28. The molecule has 0 bridgehead atoms. The molecule has 0 spiro atoms. The van der Waals surface area contributed by atoms with E-state index in [1.54, 1.807) is 0 Å². The van der Waals surface area contributed by atoms with Crippen LogP contribution in [-0.2, 0) is 4.74 Å². The van der Waals surface area contributed by atoms with Crippen LogP contribution in [0.5, 0.6) is 0 Å². The lowest BCUT2D eigenvalue weighted by atomic mass is 10.2. The van der Waals surface area contributed by atoms with E-state index in [1.165, 1.54) is 0 Å². The van der Waals surface area contributed by atoms with E-state index in [9.17, 15) is 4.79 Å². The summed E-state index contributed by atoms with van der Waals surface area (Å²) in [6.07, 6.45) is 3.71. The molecule has 0 aromatic carbocycles. The zero-order valence-corrected chi connectivity index (χ0v) is 17.1. The molecule has 0 atom stereocenters. The Hall–Kier alpha value is -3.20. The predicted octanol–water partition coefficient (Wildman–Crippen LogP) is 1.23. The number of nitrogens with zero attached hydrogens (tertiary/aromatic N) is 7. The van der Waals surface area contributed by atoms with Gasteiger partial charge >= 0.3 is 0 Å². The van der Waals surface area contributed by atoms with Gasteiger partial charge in [0.15, 0.2) is 0 Å². The third-order valence-corrected chi connectivity index (χ3v) is 5.72. The highest BCUT2D eigenvalue weighted by molar-refractivity contribution is 5.94. The molecule has 9 nitrogen and oxygen atoms in total. The van der Waals surface area contributed by atoms with Crippen LogP contribution in [0.25, 0.3) is 5.65 Å². The SMILES string of the molecule is Cc1nc2ccccn2c1C(=O)N1CCN(c2ccnc(N3CCOCC3)n2)CC1. The number of aryl methyl sites for hydroxylation is 1. The second-order valence-corrected chi connectivity index (χ2v) is 7.57. The molecule has 0 aliphatic carbocycles. The Morgan fingerprint density at radius 2 is 1.77 bits per heavy atom. The van der Waals surface area contributed by atoms with Crippen molar-refractivity contribution in [1.82, 2.24) is 24.3 Å². The minimum absolute atomic E-state index is 0.0301. The zero-order valence-electron chi connectivity index (χ0n) is 17.1. The quantitative estimate of drug-likeness (QED) is 0.646. The van der Waals surface area contributed by atoms with E-state index >= 15 is 0 Å². The number of carbonyl (C=O) groups is 1. The molecule has 156 valence electrons. The standard InChI is InChI=1S/C21H25N7O2/c1-16-19(28-7-3-2-4-18(28)23-16)20(29)26-10-8-25(9-11-26)17-5-6-22-21(24-17)27-12-14-30-15-13-27/h2-7H,8-15H2,1H3. The highest BCUT2D eigenvalue weighted by Gasteiger charge is 2.27. The lowest BCUT2D eigenvalue weighted by Crippen LogP contribution is -2.49. The molecule has 2 saturated heterocycles. The minimum atomic E-state index is 0.0301. The summed E-state index contributed by atoms with van der Waals surface area (Å²) in [4.78, 5) is 33.2. The molecule has 0 unspecified atom stereocenters. The van der Waals surface area contributed by atoms with Gasteiger partial charge in [-0.3, -0.25) is 9.20 Å². The third-order valence-electron chi connectivity index (χ3n) is 5.72. The summed E-state index contributed by atoms with van der Waals surface area (Å²) in [6.45, 7) is 7.69. The van der Waals surface area contributed by atoms with Crippen molar-refractivity contribution in [3.8, 4) is 0 Å². The first-order valence-corrected chi connectivity index (χ1v) is 10.3. The highest BCUT2D eigenvalue weighted by atomic mass is 16.5. The van der Waals surface area contributed by atoms with Crippen LogP contribution >= 0.6 is 0 Å². The first-order chi connectivity index (χ1) is 14.7. The van der Waals surface area contributed by atoms with Gasteiger partial charge in [0.05, 0.1) is 18.9 Å². The number of piperazine rings is 1. The number of hydrogen-bond acceptors (Lipinski definition) is 7. The number of pyridine rings is 1. The fourth-order valence-electron chi connectivity index (χ4n) is 4.09. The van der Waals surface area contributed by atoms with Crippen LogP contribution < -0.4 is 9.80 Å². The Morgan fingerprint density at radius 1 is 0.967 bits per heavy atom. The van der Waals surface area contributed by atoms with Crippen LogP contribution in [0, 0.1) is 6.92 Å². The van der Waals surface area contributed by atoms with Gasteiger partial charge in [-0.25, -0.2) is 9.97 Å². The van der Waals surface area contributed by atoms with E-state index in [4.69, 9.17) is 9.72 Å². The lowest BCUT2D eigenvalue weighted by Gasteiger charge is -2.36. The number of anilines is 2. The van der Waals surface area contributed by atoms with Gasteiger partial charge in [0.2, 0.25) is 5.95 Å². The molecule has 5 rings (SSSR count). The number of carbonyl (C=O) groups excluding carboxylic acids is 1. The van der Waals surface area contributed by atoms with Crippen molar-refractivity contribution in [2.45, 2.75) is 6.92 Å². The average molecular weight is 407 g/mol. The fourth-order valence-corrected chi connectivity index (χ4v) is 4.09. The minimum Gasteiger partial charge on any atom is -0.378 e. The van der Waals surface area contributed by atoms with Crippen LogP contribution in [0.15, 0.2) is 36.7 Å². The summed E-state index contributed by atoms with van der Waals surface area (Å²) in [6, 6.07) is 7.71. The molecule has 2 aliphatic rings. The van der Waals surface area contributed by atoms with Crippen molar-refractivity contribution in [2.24, 2.45) is 0 Å². The molecule has 3 aromatic heterocycles. The second kappa shape index (κ2) is 7.91. The number of rotatable bonds is 3. The van der Waals surface area contributed by atoms with Gasteiger partial charge in [0.1, 0.15) is 17.2 Å². The predicted molar refractivity (Wildman–Crippen MR) is 113 cm³/mol. The molecule has 2 aliphatic heterocycles. The van der Waals surface area contributed by atoms with E-state index in [2.05, 4.69) is 19.8 Å². The number of morpholine rings is 1. The van der Waals surface area contributed by atoms with Crippen molar-refractivity contribution >= 4 is 23.3 Å². The van der Waals surface area contributed by atoms with Crippen LogP contribution in [0.1, 0.15) is 16.2 Å². The molecular formula is C21H25N7O2. The summed E-state index contributed by atoms with van der Waals surface area (Å²) < 4.78 is 7.29. The molecule has 0 N–H and O–H groups in total. The number of amides is 1. The third kappa shape index (κ3) is 3.45. The van der Waals surface area contributed by atoms with Gasteiger partial charge in [-0.2, -0.15) is 4.98 Å². The van der Waals surface area contributed by atoms with Crippen LogP contribution in [0.2, 0.25) is 0 Å². The van der Waals surface area contributed by atoms with E-state index in [1.807, 2.05) is 52.9 Å². The maximum Gasteiger partial charge on any atom is 0.272 e. The van der Waals surface area contributed by atoms with Crippen molar-refractivity contribution in [3.05, 3.63) is 48.0 Å². The average Bonchev–Trinajstić information content (AvgIpc) is 3.15. The first-order valence-electron chi connectivity index (χ1n) is 10.3. The van der Waals surface area contributed by atoms with Crippen molar-refractivity contribution < 1.29 is 9.53 Å². The van der Waals surface area contributed by atoms with Gasteiger partial charge < -0.3 is 19.4 Å². The normalized spacial score (nSPS) is 17.6. The molecular weight excluding hydrogens is 382 g/mol. The Bertz CT molecular complexity index is 1050. The topological polar surface area (TPSA) is 79.1 Å². The van der Waals surface area contributed by atoms with E-state index in [0.29, 0.717) is 32.0 Å². The van der Waals surface area contributed by atoms with Crippen molar-refractivity contribution in [2.75, 3.05) is 62.3 Å². The summed E-state index contributed by atoms with van der Waals surface area (Å²) >= 11 is 0. The monoisotopic (exact) mass is 407 g/mol. The lowest BCUT2D eigenvalue weighted by molar-refractivity contribution is 0.0738. The van der Waals surface area contributed by atoms with Crippen LogP contribution in [-0.4, -0.2) is 82.6 Å². The number of aromatic nitrogens is 4. The molecule has 30 heavy (non-hydrogen) atoms. The highest BCUT2D eigenvalue weighted by Crippen LogP contribution is 2.20. The summed E-state index contributed by atoms with van der Waals surface area (Å²) in [5.74, 6) is 1.68. The number of fused-ring (bicyclic) bond motifs is 1. The summed E-state index contributed by atoms with van der Waals surface area (Å²) in [7, 11) is 0. The van der Waals surface area contributed by atoms with Crippen LogP contribution in [0.4, 0.5) is 11.8 Å². The molecule has 2 fully saturated rings. The maximum atomic E-state index is 13.2. The number of hydrogen-bond donors (Lipinski definition) is 0. The van der Waals surface area contributed by atoms with E-state index in [0.717, 1.165) is 49.3 Å². The van der Waals surface area contributed by atoms with Gasteiger partial charge in [-0.1, -0.05) is 6.07 Å². The molecule has 1 amide bonds. The zero-order chi connectivity index (χ0) is 20.5. The van der Waals surface area contributed by atoms with Crippen molar-refractivity contribution in [1.29, 1.82) is 0 Å². The Kier molecular flexibility index (Phi) is 4.96. The van der Waals surface area contributed by atoms with Crippen molar-refractivity contribution in [3.63, 3.8) is 0 Å². The molecule has 3 aromatic rings. The largest absolute Gasteiger partial charge is 0.378 e. The molecule has 9 heteroatoms. The van der Waals surface area contributed by atoms with Gasteiger partial charge in [0.25, 0.3) is 5.91 Å².